The molecule has 0 aliphatic carbocycles. The van der Waals surface area contributed by atoms with Crippen molar-refractivity contribution < 1.29 is 45.7 Å². The molecule has 4 rings (SSSR count). The van der Waals surface area contributed by atoms with E-state index in [1.807, 2.05) is 0 Å². The second-order valence-electron chi connectivity index (χ2n) is 10.6. The third-order valence-electron chi connectivity index (χ3n) is 7.69. The predicted molar refractivity (Wildman–Crippen MR) is 133 cm³/mol. The molecular weight excluding hydrogens is 542 g/mol. The van der Waals surface area contributed by atoms with Gasteiger partial charge in [0.05, 0.1) is 23.7 Å². The van der Waals surface area contributed by atoms with Crippen molar-refractivity contribution in [2.75, 3.05) is 33.4 Å². The van der Waals surface area contributed by atoms with Crippen LogP contribution in [0.25, 0.3) is 0 Å². The van der Waals surface area contributed by atoms with E-state index in [0.717, 1.165) is 18.4 Å². The number of carbonyl (C=O) groups is 1. The lowest BCUT2D eigenvalue weighted by Crippen LogP contribution is -2.44. The summed E-state index contributed by atoms with van der Waals surface area (Å²) in [6, 6.07) is 6.34. The minimum atomic E-state index is -4.97. The van der Waals surface area contributed by atoms with Gasteiger partial charge in [-0.1, -0.05) is 6.07 Å². The third-order valence-corrected chi connectivity index (χ3v) is 7.69. The van der Waals surface area contributed by atoms with Gasteiger partial charge in [0.25, 0.3) is 0 Å². The van der Waals surface area contributed by atoms with Gasteiger partial charge in [-0.2, -0.15) is 26.3 Å². The van der Waals surface area contributed by atoms with Crippen LogP contribution in [-0.4, -0.2) is 49.3 Å². The van der Waals surface area contributed by atoms with E-state index in [0.29, 0.717) is 63.6 Å². The molecule has 2 heterocycles. The van der Waals surface area contributed by atoms with Crippen molar-refractivity contribution in [3.63, 3.8) is 0 Å². The highest BCUT2D eigenvalue weighted by Crippen LogP contribution is 2.41. The normalized spacial score (nSPS) is 21.0. The molecule has 220 valence electrons. The van der Waals surface area contributed by atoms with Crippen LogP contribution in [0.4, 0.5) is 26.3 Å². The van der Waals surface area contributed by atoms with E-state index < -0.39 is 41.3 Å². The van der Waals surface area contributed by atoms with Crippen LogP contribution in [0.1, 0.15) is 47.9 Å². The molecule has 1 atom stereocenters. The van der Waals surface area contributed by atoms with Gasteiger partial charge in [-0.25, -0.2) is 0 Å². The van der Waals surface area contributed by atoms with Crippen LogP contribution in [0.5, 0.6) is 11.5 Å². The average molecular weight is 575 g/mol. The van der Waals surface area contributed by atoms with E-state index in [-0.39, 0.29) is 23.3 Å². The third kappa shape index (κ3) is 7.20. The molecule has 2 aliphatic heterocycles. The number of hydrogen-bond acceptors (Lipinski definition) is 5. The van der Waals surface area contributed by atoms with Crippen LogP contribution in [0, 0.1) is 11.3 Å². The fraction of sp³-hybridized carbons (Fsp3) is 0.536. The lowest BCUT2D eigenvalue weighted by molar-refractivity contribution is -0.143. The average Bonchev–Trinajstić information content (AvgIpc) is 3.31. The molecule has 0 bridgehead atoms. The largest absolute Gasteiger partial charge is 0.504 e. The Hall–Kier alpha value is -2.99. The molecule has 1 amide bonds. The molecule has 2 fully saturated rings. The molecule has 2 aromatic carbocycles. The van der Waals surface area contributed by atoms with E-state index >= 15 is 0 Å². The zero-order chi connectivity index (χ0) is 29.1. The van der Waals surface area contributed by atoms with Gasteiger partial charge >= 0.3 is 12.4 Å². The van der Waals surface area contributed by atoms with Crippen LogP contribution >= 0.6 is 0 Å². The van der Waals surface area contributed by atoms with Crippen molar-refractivity contribution in [3.8, 4) is 11.5 Å². The highest BCUT2D eigenvalue weighted by molar-refractivity contribution is 5.83. The Morgan fingerprint density at radius 2 is 1.70 bits per heavy atom. The molecule has 2 N–H and O–H groups in total. The molecule has 6 nitrogen and oxygen atoms in total. The fourth-order valence-corrected chi connectivity index (χ4v) is 5.61. The van der Waals surface area contributed by atoms with Gasteiger partial charge in [-0.15, -0.1) is 0 Å². The zero-order valence-corrected chi connectivity index (χ0v) is 22.0. The maximum atomic E-state index is 13.7. The van der Waals surface area contributed by atoms with E-state index in [1.54, 1.807) is 12.1 Å². The molecule has 0 saturated carbocycles. The van der Waals surface area contributed by atoms with Gasteiger partial charge in [0.15, 0.2) is 11.5 Å². The van der Waals surface area contributed by atoms with Crippen molar-refractivity contribution in [3.05, 3.63) is 58.7 Å². The topological polar surface area (TPSA) is 71.0 Å². The maximum absolute atomic E-state index is 13.7. The van der Waals surface area contributed by atoms with E-state index in [2.05, 4.69) is 10.2 Å². The van der Waals surface area contributed by atoms with Gasteiger partial charge in [0, 0.05) is 32.8 Å². The summed E-state index contributed by atoms with van der Waals surface area (Å²) < 4.78 is 90.4. The summed E-state index contributed by atoms with van der Waals surface area (Å²) in [6.45, 7) is 2.10. The summed E-state index contributed by atoms with van der Waals surface area (Å²) in [5.74, 6) is 0.140. The summed E-state index contributed by atoms with van der Waals surface area (Å²) in [5.41, 5.74) is -3.11. The van der Waals surface area contributed by atoms with Crippen LogP contribution < -0.4 is 10.1 Å². The molecule has 40 heavy (non-hydrogen) atoms. The highest BCUT2D eigenvalue weighted by atomic mass is 19.4. The van der Waals surface area contributed by atoms with Gasteiger partial charge < -0.3 is 19.9 Å². The standard InChI is InChI=1S/C28H32F6N2O4/c1-39-24-12-19(2-3-23(24)37)16-36-7-6-26(17-36,14-18-4-8-40-9-5-18)25(38)35-15-20-10-21(27(29,30)31)13-22(11-20)28(32,33)34/h2-3,10-13,18,37H,4-9,14-17H2,1H3,(H,35,38). The lowest BCUT2D eigenvalue weighted by atomic mass is 9.75. The number of alkyl halides is 6. The van der Waals surface area contributed by atoms with Crippen molar-refractivity contribution in [1.29, 1.82) is 0 Å². The number of hydrogen-bond donors (Lipinski definition) is 2. The first-order valence-corrected chi connectivity index (χ1v) is 13.0. The Bertz CT molecular complexity index is 1160. The number of likely N-dealkylation sites (tertiary alicyclic amines) is 1. The number of carbonyl (C=O) groups excluding carboxylic acids is 1. The molecule has 2 aromatic rings. The first-order chi connectivity index (χ1) is 18.8. The number of rotatable bonds is 8. The number of nitrogens with zero attached hydrogens (tertiary/aromatic N) is 1. The van der Waals surface area contributed by atoms with Crippen LogP contribution in [0.2, 0.25) is 0 Å². The Balaban J connectivity index is 1.53. The molecule has 1 unspecified atom stereocenters. The second-order valence-corrected chi connectivity index (χ2v) is 10.6. The van der Waals surface area contributed by atoms with Crippen molar-refractivity contribution in [2.24, 2.45) is 11.3 Å². The molecule has 12 heteroatoms. The number of phenols is 1. The summed E-state index contributed by atoms with van der Waals surface area (Å²) >= 11 is 0. The van der Waals surface area contributed by atoms with Gasteiger partial charge in [0.2, 0.25) is 5.91 Å². The first kappa shape index (κ1) is 30.0. The van der Waals surface area contributed by atoms with Crippen LogP contribution in [-0.2, 0) is 35.0 Å². The van der Waals surface area contributed by atoms with Gasteiger partial charge in [-0.05, 0) is 79.6 Å². The number of ether oxygens (including phenoxy) is 2. The monoisotopic (exact) mass is 574 g/mol. The molecular formula is C28H32F6N2O4. The highest BCUT2D eigenvalue weighted by Gasteiger charge is 2.46. The molecule has 0 spiro atoms. The minimum Gasteiger partial charge on any atom is -0.504 e. The van der Waals surface area contributed by atoms with Crippen LogP contribution in [0.3, 0.4) is 0 Å². The molecule has 2 saturated heterocycles. The predicted octanol–water partition coefficient (Wildman–Crippen LogP) is 5.76. The number of nitrogens with one attached hydrogen (secondary N) is 1. The Morgan fingerprint density at radius 3 is 2.30 bits per heavy atom. The number of phenolic OH excluding ortho intramolecular Hbond substituents is 1. The maximum Gasteiger partial charge on any atom is 0.416 e. The number of aromatic hydroxyl groups is 1. The van der Waals surface area contributed by atoms with Crippen LogP contribution in [0.15, 0.2) is 36.4 Å². The summed E-state index contributed by atoms with van der Waals surface area (Å²) in [5, 5.41) is 12.5. The van der Waals surface area contributed by atoms with E-state index in [9.17, 15) is 36.2 Å². The summed E-state index contributed by atoms with van der Waals surface area (Å²) in [4.78, 5) is 15.7. The number of methoxy groups -OCH3 is 1. The molecule has 2 aliphatic rings. The van der Waals surface area contributed by atoms with Crippen molar-refractivity contribution in [2.45, 2.75) is 51.1 Å². The smallest absolute Gasteiger partial charge is 0.416 e. The van der Waals surface area contributed by atoms with Crippen molar-refractivity contribution in [1.82, 2.24) is 10.2 Å². The number of amides is 1. The Kier molecular flexibility index (Phi) is 8.89. The van der Waals surface area contributed by atoms with E-state index in [4.69, 9.17) is 9.47 Å². The minimum absolute atomic E-state index is 0.00388. The SMILES string of the molecule is COc1cc(CN2CCC(CC3CCOCC3)(C(=O)NCc3cc(C(F)(F)F)cc(C(F)(F)F)c3)C2)ccc1O. The number of benzene rings is 2. The summed E-state index contributed by atoms with van der Waals surface area (Å²) in [7, 11) is 1.44. The lowest BCUT2D eigenvalue weighted by Gasteiger charge is -2.34. The molecule has 0 radical (unpaired) electrons. The fourth-order valence-electron chi connectivity index (χ4n) is 5.61. The molecule has 0 aromatic heterocycles. The van der Waals surface area contributed by atoms with Gasteiger partial charge in [-0.3, -0.25) is 9.69 Å². The Morgan fingerprint density at radius 1 is 1.05 bits per heavy atom. The van der Waals surface area contributed by atoms with E-state index in [1.165, 1.54) is 13.2 Å². The zero-order valence-electron chi connectivity index (χ0n) is 22.0. The first-order valence-electron chi connectivity index (χ1n) is 13.0. The quantitative estimate of drug-likeness (QED) is 0.392. The van der Waals surface area contributed by atoms with Gasteiger partial charge in [0.1, 0.15) is 0 Å². The Labute approximate surface area is 228 Å². The number of halogens is 6. The second kappa shape index (κ2) is 11.9. The van der Waals surface area contributed by atoms with Crippen molar-refractivity contribution >= 4 is 5.91 Å². The summed E-state index contributed by atoms with van der Waals surface area (Å²) in [6.07, 6.45) is -7.37.